The van der Waals surface area contributed by atoms with Gasteiger partial charge in [0.15, 0.2) is 21.6 Å². The van der Waals surface area contributed by atoms with E-state index < -0.39 is 14.6 Å². The highest BCUT2D eigenvalue weighted by Crippen LogP contribution is 2.23. The molecule has 8 nitrogen and oxygen atoms in total. The van der Waals surface area contributed by atoms with Crippen LogP contribution in [-0.4, -0.2) is 64.7 Å². The van der Waals surface area contributed by atoms with Gasteiger partial charge in [-0.3, -0.25) is 4.99 Å². The Morgan fingerprint density at radius 3 is 2.83 bits per heavy atom. The Kier molecular flexibility index (Phi) is 4.07. The van der Waals surface area contributed by atoms with Crippen LogP contribution in [0.4, 0.5) is 0 Å². The molecular formula is C14H24N6O2S. The van der Waals surface area contributed by atoms with Crippen molar-refractivity contribution in [2.75, 3.05) is 25.9 Å². The third-order valence-electron chi connectivity index (χ3n) is 4.65. The van der Waals surface area contributed by atoms with Gasteiger partial charge in [-0.2, -0.15) is 0 Å². The summed E-state index contributed by atoms with van der Waals surface area (Å²) in [6.45, 7) is 5.95. The zero-order chi connectivity index (χ0) is 16.7. The number of aromatic nitrogens is 3. The van der Waals surface area contributed by atoms with Crippen LogP contribution in [0.2, 0.25) is 0 Å². The molecule has 1 fully saturated rings. The molecule has 0 spiro atoms. The predicted molar refractivity (Wildman–Crippen MR) is 88.0 cm³/mol. The minimum Gasteiger partial charge on any atom is -0.349 e. The highest BCUT2D eigenvalue weighted by atomic mass is 32.2. The van der Waals surface area contributed by atoms with Crippen LogP contribution in [-0.2, 0) is 29.3 Å². The van der Waals surface area contributed by atoms with Gasteiger partial charge in [-0.05, 0) is 20.3 Å². The number of fused-ring (bicyclic) bond motifs is 1. The first kappa shape index (κ1) is 16.2. The molecule has 2 aliphatic heterocycles. The number of hydrogen-bond donors (Lipinski definition) is 1. The summed E-state index contributed by atoms with van der Waals surface area (Å²) >= 11 is 0. The Morgan fingerprint density at radius 2 is 2.13 bits per heavy atom. The van der Waals surface area contributed by atoms with Crippen LogP contribution in [0.1, 0.15) is 31.9 Å². The molecule has 0 amide bonds. The predicted octanol–water partition coefficient (Wildman–Crippen LogP) is -0.191. The first-order valence-corrected chi connectivity index (χ1v) is 9.58. The Bertz CT molecular complexity index is 722. The minimum atomic E-state index is -3.05. The summed E-state index contributed by atoms with van der Waals surface area (Å²) in [5.74, 6) is 2.81. The van der Waals surface area contributed by atoms with Crippen LogP contribution >= 0.6 is 0 Å². The molecule has 1 aromatic rings. The Labute approximate surface area is 136 Å². The van der Waals surface area contributed by atoms with Crippen molar-refractivity contribution in [1.82, 2.24) is 25.0 Å². The maximum Gasteiger partial charge on any atom is 0.194 e. The first-order chi connectivity index (χ1) is 10.8. The van der Waals surface area contributed by atoms with Crippen molar-refractivity contribution in [3.63, 3.8) is 0 Å². The molecule has 0 radical (unpaired) electrons. The van der Waals surface area contributed by atoms with E-state index in [9.17, 15) is 8.42 Å². The van der Waals surface area contributed by atoms with Crippen LogP contribution in [0.5, 0.6) is 0 Å². The standard InChI is InChI=1S/C14H24N6O2S/c1-14(2)10-19(7-8-23(14,21)22)13(15-3)16-9-12-18-17-11-5-4-6-20(11)12/h4-10H2,1-3H3,(H,15,16). The van der Waals surface area contributed by atoms with Gasteiger partial charge in [0.25, 0.3) is 0 Å². The molecule has 3 rings (SSSR count). The van der Waals surface area contributed by atoms with E-state index in [0.29, 0.717) is 25.6 Å². The molecule has 9 heteroatoms. The fourth-order valence-corrected chi connectivity index (χ4v) is 4.52. The first-order valence-electron chi connectivity index (χ1n) is 7.93. The summed E-state index contributed by atoms with van der Waals surface area (Å²) in [7, 11) is -1.34. The largest absolute Gasteiger partial charge is 0.349 e. The summed E-state index contributed by atoms with van der Waals surface area (Å²) in [5.41, 5.74) is 0. The van der Waals surface area contributed by atoms with E-state index in [1.807, 2.05) is 4.90 Å². The quantitative estimate of drug-likeness (QED) is 0.592. The van der Waals surface area contributed by atoms with Gasteiger partial charge in [-0.25, -0.2) is 8.42 Å². The molecule has 1 aromatic heterocycles. The number of sulfone groups is 1. The zero-order valence-electron chi connectivity index (χ0n) is 13.9. The maximum atomic E-state index is 12.1. The molecule has 2 aliphatic rings. The Hall–Kier alpha value is -1.64. The molecule has 0 saturated carbocycles. The van der Waals surface area contributed by atoms with E-state index in [1.165, 1.54) is 0 Å². The molecule has 1 saturated heterocycles. The lowest BCUT2D eigenvalue weighted by Crippen LogP contribution is -2.57. The molecule has 0 atom stereocenters. The summed E-state index contributed by atoms with van der Waals surface area (Å²) in [5, 5.41) is 11.7. The smallest absolute Gasteiger partial charge is 0.194 e. The van der Waals surface area contributed by atoms with Crippen molar-refractivity contribution in [3.05, 3.63) is 11.6 Å². The number of aliphatic imine (C=N–C) groups is 1. The van der Waals surface area contributed by atoms with E-state index in [2.05, 4.69) is 25.1 Å². The van der Waals surface area contributed by atoms with Crippen LogP contribution in [0.15, 0.2) is 4.99 Å². The highest BCUT2D eigenvalue weighted by molar-refractivity contribution is 7.92. The second-order valence-electron chi connectivity index (χ2n) is 6.69. The minimum absolute atomic E-state index is 0.154. The highest BCUT2D eigenvalue weighted by Gasteiger charge is 2.41. The lowest BCUT2D eigenvalue weighted by molar-refractivity contribution is 0.352. The monoisotopic (exact) mass is 340 g/mol. The van der Waals surface area contributed by atoms with Crippen molar-refractivity contribution >= 4 is 15.8 Å². The fraction of sp³-hybridized carbons (Fsp3) is 0.786. The fourth-order valence-electron chi connectivity index (χ4n) is 3.16. The van der Waals surface area contributed by atoms with Gasteiger partial charge in [-0.1, -0.05) is 0 Å². The van der Waals surface area contributed by atoms with Crippen molar-refractivity contribution in [2.45, 2.75) is 44.5 Å². The van der Waals surface area contributed by atoms with Gasteiger partial charge in [-0.15, -0.1) is 10.2 Å². The van der Waals surface area contributed by atoms with Crippen LogP contribution in [0.25, 0.3) is 0 Å². The second-order valence-corrected chi connectivity index (χ2v) is 9.43. The van der Waals surface area contributed by atoms with Crippen molar-refractivity contribution in [2.24, 2.45) is 4.99 Å². The molecule has 0 aliphatic carbocycles. The summed E-state index contributed by atoms with van der Waals surface area (Å²) in [4.78, 5) is 6.30. The average molecular weight is 340 g/mol. The third kappa shape index (κ3) is 2.93. The van der Waals surface area contributed by atoms with Crippen molar-refractivity contribution in [1.29, 1.82) is 0 Å². The number of aryl methyl sites for hydroxylation is 1. The Balaban J connectivity index is 1.67. The maximum absolute atomic E-state index is 12.1. The average Bonchev–Trinajstić information content (AvgIpc) is 3.07. The number of nitrogens with one attached hydrogen (secondary N) is 1. The van der Waals surface area contributed by atoms with Gasteiger partial charge in [0, 0.05) is 33.1 Å². The zero-order valence-corrected chi connectivity index (χ0v) is 14.7. The van der Waals surface area contributed by atoms with Gasteiger partial charge in [0.1, 0.15) is 5.82 Å². The van der Waals surface area contributed by atoms with Gasteiger partial charge in [0.05, 0.1) is 17.0 Å². The van der Waals surface area contributed by atoms with Gasteiger partial charge in [0.2, 0.25) is 0 Å². The molecule has 128 valence electrons. The topological polar surface area (TPSA) is 92.5 Å². The Morgan fingerprint density at radius 1 is 1.35 bits per heavy atom. The van der Waals surface area contributed by atoms with Crippen LogP contribution < -0.4 is 5.32 Å². The number of guanidine groups is 1. The van der Waals surface area contributed by atoms with E-state index in [-0.39, 0.29) is 5.75 Å². The number of hydrogen-bond acceptors (Lipinski definition) is 5. The normalized spacial score (nSPS) is 22.9. The van der Waals surface area contributed by atoms with E-state index in [1.54, 1.807) is 20.9 Å². The van der Waals surface area contributed by atoms with Gasteiger partial charge < -0.3 is 14.8 Å². The van der Waals surface area contributed by atoms with E-state index in [0.717, 1.165) is 31.0 Å². The molecule has 1 N–H and O–H groups in total. The van der Waals surface area contributed by atoms with Crippen molar-refractivity contribution < 1.29 is 8.42 Å². The van der Waals surface area contributed by atoms with E-state index in [4.69, 9.17) is 0 Å². The molecule has 3 heterocycles. The third-order valence-corrected chi connectivity index (χ3v) is 7.18. The van der Waals surface area contributed by atoms with Crippen LogP contribution in [0.3, 0.4) is 0 Å². The number of rotatable bonds is 2. The molecule has 23 heavy (non-hydrogen) atoms. The summed E-state index contributed by atoms with van der Waals surface area (Å²) in [6, 6.07) is 0. The number of nitrogens with zero attached hydrogens (tertiary/aromatic N) is 5. The molecular weight excluding hydrogens is 316 g/mol. The van der Waals surface area contributed by atoms with E-state index >= 15 is 0 Å². The lowest BCUT2D eigenvalue weighted by atomic mass is 10.2. The van der Waals surface area contributed by atoms with Gasteiger partial charge >= 0.3 is 0 Å². The van der Waals surface area contributed by atoms with Crippen molar-refractivity contribution in [3.8, 4) is 0 Å². The molecule has 0 bridgehead atoms. The SMILES string of the molecule is CN=C(NCc1nnc2n1CCC2)N1CCS(=O)(=O)C(C)(C)C1. The molecule has 0 unspecified atom stereocenters. The second kappa shape index (κ2) is 5.77. The lowest BCUT2D eigenvalue weighted by Gasteiger charge is -2.39. The van der Waals surface area contributed by atoms with Crippen LogP contribution in [0, 0.1) is 0 Å². The molecule has 0 aromatic carbocycles. The summed E-state index contributed by atoms with van der Waals surface area (Å²) in [6.07, 6.45) is 2.10. The summed E-state index contributed by atoms with van der Waals surface area (Å²) < 4.78 is 25.6.